The number of aromatic nitrogens is 3. The number of anilines is 1. The number of nitrogens with zero attached hydrogens (tertiary/aromatic N) is 4. The molecular weight excluding hydrogens is 1250 g/mol. The van der Waals surface area contributed by atoms with Crippen molar-refractivity contribution in [2.75, 3.05) is 5.32 Å². The second-order valence-corrected chi connectivity index (χ2v) is 24.5. The number of hydrogen-bond donors (Lipinski definition) is 3. The SMILES string of the molecule is Clc1ccc2c(c1)CCc1cc(Br)cnc1C2=Nc1ccccc1.O.O=C(Nc1ccccc1)c1ncc(Br)cc1CCc1cccc(Cl)c1.O=C1c2ccc(Cl)cc2CCc2cc(Br)cnc21.O=[P+]([O-])P(=O)(O)O. The maximum Gasteiger partial charge on any atom is 0.561 e. The summed E-state index contributed by atoms with van der Waals surface area (Å²) in [5, 5.41) is 5.03. The van der Waals surface area contributed by atoms with E-state index in [4.69, 9.17) is 49.6 Å². The van der Waals surface area contributed by atoms with Gasteiger partial charge in [-0.05, 0) is 205 Å². The molecule has 0 fully saturated rings. The Morgan fingerprint density at radius 3 is 1.75 bits per heavy atom. The number of carbonyl (C=O) groups excluding carboxylic acids is 2. The molecule has 0 spiro atoms. The molecule has 0 saturated carbocycles. The van der Waals surface area contributed by atoms with Crippen LogP contribution in [0.5, 0.6) is 0 Å². The van der Waals surface area contributed by atoms with E-state index in [0.717, 1.165) is 101 Å². The van der Waals surface area contributed by atoms with Crippen molar-refractivity contribution >= 4 is 126 Å². The number of rotatable bonds is 7. The number of benzene rings is 5. The smallest absolute Gasteiger partial charge is 0.561 e. The summed E-state index contributed by atoms with van der Waals surface area (Å²) >= 11 is 28.6. The van der Waals surface area contributed by atoms with Gasteiger partial charge in [-0.25, -0.2) is 14.5 Å². The monoisotopic (exact) mass is 1290 g/mol. The molecule has 75 heavy (non-hydrogen) atoms. The third-order valence-electron chi connectivity index (χ3n) is 11.2. The van der Waals surface area contributed by atoms with Crippen LogP contribution in [0.25, 0.3) is 0 Å². The molecule has 3 heterocycles. The first kappa shape index (κ1) is 59.1. The number of para-hydroxylation sites is 2. The summed E-state index contributed by atoms with van der Waals surface area (Å²) in [7, 11) is -8.36. The maximum atomic E-state index is 12.6. The molecule has 0 radical (unpaired) electrons. The summed E-state index contributed by atoms with van der Waals surface area (Å²) in [5.41, 5.74) is 12.8. The van der Waals surface area contributed by atoms with Crippen LogP contribution in [0.1, 0.15) is 71.2 Å². The van der Waals surface area contributed by atoms with Crippen LogP contribution in [0.4, 0.5) is 11.4 Å². The van der Waals surface area contributed by atoms with Crippen LogP contribution in [0.3, 0.4) is 0 Å². The van der Waals surface area contributed by atoms with E-state index < -0.39 is 15.0 Å². The lowest BCUT2D eigenvalue weighted by molar-refractivity contribution is -0.160. The van der Waals surface area contributed by atoms with Crippen molar-refractivity contribution in [3.63, 3.8) is 0 Å². The van der Waals surface area contributed by atoms with Crippen LogP contribution in [-0.4, -0.2) is 47.6 Å². The van der Waals surface area contributed by atoms with E-state index in [0.29, 0.717) is 33.4 Å². The number of aliphatic imine (C=N–C) groups is 1. The largest absolute Gasteiger partial charge is 0.588 e. The summed E-state index contributed by atoms with van der Waals surface area (Å²) < 4.78 is 21.5. The second kappa shape index (κ2) is 27.8. The summed E-state index contributed by atoms with van der Waals surface area (Å²) in [6.07, 6.45) is 10.1. The summed E-state index contributed by atoms with van der Waals surface area (Å²) in [4.78, 5) is 67.7. The highest BCUT2D eigenvalue weighted by atomic mass is 79.9. The lowest BCUT2D eigenvalue weighted by Crippen LogP contribution is -2.16. The Hall–Kier alpha value is -5.16. The highest BCUT2D eigenvalue weighted by Gasteiger charge is 2.30. The molecule has 384 valence electrons. The van der Waals surface area contributed by atoms with E-state index in [1.54, 1.807) is 24.5 Å². The number of fused-ring (bicyclic) bond motifs is 4. The van der Waals surface area contributed by atoms with Gasteiger partial charge in [-0.3, -0.25) is 29.3 Å². The summed E-state index contributed by atoms with van der Waals surface area (Å²) in [5.74, 6) is -0.221. The molecule has 1 atom stereocenters. The van der Waals surface area contributed by atoms with Gasteiger partial charge in [-0.1, -0.05) is 94.0 Å². The van der Waals surface area contributed by atoms with Gasteiger partial charge in [0.15, 0.2) is 0 Å². The van der Waals surface area contributed by atoms with Crippen molar-refractivity contribution in [2.24, 2.45) is 4.99 Å². The molecule has 13 nitrogen and oxygen atoms in total. The molecule has 1 amide bonds. The zero-order valence-electron chi connectivity index (χ0n) is 39.1. The number of pyridine rings is 3. The lowest BCUT2D eigenvalue weighted by atomic mass is 10.0. The molecule has 5 aromatic carbocycles. The minimum absolute atomic E-state index is 0. The Bertz CT molecular complexity index is 3340. The number of halogens is 6. The van der Waals surface area contributed by atoms with Crippen LogP contribution in [-0.2, 0) is 47.7 Å². The first-order valence-corrected chi connectivity index (χ1v) is 29.4. The molecule has 5 N–H and O–H groups in total. The van der Waals surface area contributed by atoms with Gasteiger partial charge in [0, 0.05) is 63.9 Å². The van der Waals surface area contributed by atoms with Crippen LogP contribution >= 0.6 is 97.6 Å². The van der Waals surface area contributed by atoms with Gasteiger partial charge in [0.1, 0.15) is 11.4 Å². The minimum atomic E-state index is -4.78. The quantitative estimate of drug-likeness (QED) is 0.128. The van der Waals surface area contributed by atoms with Gasteiger partial charge in [-0.2, -0.15) is 0 Å². The van der Waals surface area contributed by atoms with Crippen molar-refractivity contribution in [3.8, 4) is 0 Å². The number of carbonyl (C=O) groups is 2. The predicted octanol–water partition coefficient (Wildman–Crippen LogP) is 13.5. The number of hydrogen-bond acceptors (Lipinski definition) is 9. The van der Waals surface area contributed by atoms with E-state index in [-0.39, 0.29) is 17.2 Å². The number of aryl methyl sites for hydroxylation is 6. The third-order valence-corrected chi connectivity index (χ3v) is 14.9. The molecule has 8 aromatic rings. The van der Waals surface area contributed by atoms with Crippen molar-refractivity contribution in [2.45, 2.75) is 38.5 Å². The van der Waals surface area contributed by atoms with Crippen molar-refractivity contribution in [3.05, 3.63) is 248 Å². The number of nitrogens with one attached hydrogen (secondary N) is 1. The average molecular weight is 1300 g/mol. The fraction of sp³-hybridized carbons (Fsp3) is 0.111. The van der Waals surface area contributed by atoms with Crippen molar-refractivity contribution in [1.82, 2.24) is 15.0 Å². The van der Waals surface area contributed by atoms with E-state index in [9.17, 15) is 23.6 Å². The van der Waals surface area contributed by atoms with Gasteiger partial charge in [0.25, 0.3) is 5.91 Å². The van der Waals surface area contributed by atoms with Gasteiger partial charge in [0.05, 0.1) is 17.1 Å². The molecule has 0 bridgehead atoms. The molecule has 2 aliphatic carbocycles. The van der Waals surface area contributed by atoms with Crippen molar-refractivity contribution < 1.29 is 38.9 Å². The average Bonchev–Trinajstić information content (AvgIpc) is 3.60. The van der Waals surface area contributed by atoms with Crippen LogP contribution in [0.2, 0.25) is 15.1 Å². The highest BCUT2D eigenvalue weighted by molar-refractivity contribution is 9.11. The van der Waals surface area contributed by atoms with Gasteiger partial charge < -0.3 is 15.7 Å². The Balaban J connectivity index is 0.000000172. The molecule has 3 aromatic heterocycles. The Morgan fingerprint density at radius 1 is 0.640 bits per heavy atom. The highest BCUT2D eigenvalue weighted by Crippen LogP contribution is 2.56. The molecular formula is C54H43Br3Cl3N5O8P2. The van der Waals surface area contributed by atoms with E-state index in [1.165, 1.54) is 11.1 Å². The van der Waals surface area contributed by atoms with E-state index >= 15 is 0 Å². The van der Waals surface area contributed by atoms with Gasteiger partial charge in [0.2, 0.25) is 5.78 Å². The molecule has 2 aliphatic rings. The predicted molar refractivity (Wildman–Crippen MR) is 305 cm³/mol. The third kappa shape index (κ3) is 16.9. The number of ketones is 1. The van der Waals surface area contributed by atoms with Gasteiger partial charge >= 0.3 is 15.0 Å². The second-order valence-electron chi connectivity index (χ2n) is 16.4. The zero-order valence-corrected chi connectivity index (χ0v) is 48.0. The first-order chi connectivity index (χ1) is 35.4. The fourth-order valence-electron chi connectivity index (χ4n) is 7.85. The van der Waals surface area contributed by atoms with Crippen LogP contribution in [0.15, 0.2) is 177 Å². The molecule has 0 aliphatic heterocycles. The zero-order chi connectivity index (χ0) is 52.9. The van der Waals surface area contributed by atoms with Gasteiger partial charge in [-0.15, -0.1) is 0 Å². The Labute approximate surface area is 473 Å². The summed E-state index contributed by atoms with van der Waals surface area (Å²) in [6, 6.07) is 44.6. The van der Waals surface area contributed by atoms with Crippen LogP contribution < -0.4 is 10.2 Å². The molecule has 1 unspecified atom stereocenters. The standard InChI is InChI=1S/C20H16BrClN2O.C20H14BrClN2.C14H9BrClNO.H2O5P2.H2O/c21-16-12-15(10-9-14-5-4-6-17(22)11-14)19(23-13-16)20(25)24-18-7-2-1-3-8-18;21-15-10-14-7-6-13-11-16(22)8-9-18(13)20(19(14)23-12-15)24-17-4-2-1-3-5-17;15-10-5-9-2-1-8-6-11(16)3-4-12(8)14(18)13(9)17-7-10;1-6(2)7(3,4)5;/h1-8,11-13H,9-10H2,(H,24,25);1-5,8-12H,6-7H2;3-7H,1-2H2;(H2,3,4,5);1H2. The summed E-state index contributed by atoms with van der Waals surface area (Å²) in [6.45, 7) is 0. The Kier molecular flexibility index (Phi) is 21.9. The topological polar surface area (TPSA) is 226 Å². The molecule has 21 heteroatoms. The fourth-order valence-corrected chi connectivity index (χ4v) is 9.59. The Morgan fingerprint density at radius 2 is 1.15 bits per heavy atom. The van der Waals surface area contributed by atoms with E-state index in [2.05, 4.69) is 80.2 Å². The molecule has 0 saturated heterocycles. The molecule has 10 rings (SSSR count). The minimum Gasteiger partial charge on any atom is -0.588 e. The first-order valence-electron chi connectivity index (χ1n) is 22.4. The normalized spacial score (nSPS) is 12.8. The number of amides is 1. The van der Waals surface area contributed by atoms with Crippen molar-refractivity contribution in [1.29, 1.82) is 0 Å². The maximum absolute atomic E-state index is 12.6. The van der Waals surface area contributed by atoms with E-state index in [1.807, 2.05) is 121 Å². The van der Waals surface area contributed by atoms with Crippen LogP contribution in [0, 0.1) is 0 Å². The lowest BCUT2D eigenvalue weighted by Gasteiger charge is -2.10.